The molecule has 1 aliphatic rings. The summed E-state index contributed by atoms with van der Waals surface area (Å²) in [6.07, 6.45) is -4.15. The van der Waals surface area contributed by atoms with Crippen LogP contribution in [0.1, 0.15) is 34.8 Å². The fourth-order valence-corrected chi connectivity index (χ4v) is 4.34. The van der Waals surface area contributed by atoms with Gasteiger partial charge in [-0.1, -0.05) is 25.5 Å². The number of fused-ring (bicyclic) bond motifs is 1. The Kier molecular flexibility index (Phi) is 9.13. The number of amides is 2. The first-order valence-corrected chi connectivity index (χ1v) is 12.7. The fourth-order valence-electron chi connectivity index (χ4n) is 4.34. The van der Waals surface area contributed by atoms with Gasteiger partial charge in [-0.3, -0.25) is 4.79 Å². The van der Waals surface area contributed by atoms with Gasteiger partial charge in [-0.15, -0.1) is 27.4 Å². The Balaban J connectivity index is 0.00000387. The average Bonchev–Trinajstić information content (AvgIpc) is 3.59. The Morgan fingerprint density at radius 2 is 1.90 bits per heavy atom. The van der Waals surface area contributed by atoms with Gasteiger partial charge in [0.2, 0.25) is 12.6 Å². The van der Waals surface area contributed by atoms with Crippen LogP contribution in [0.25, 0.3) is 22.6 Å². The molecular weight excluding hydrogens is 567 g/mol. The van der Waals surface area contributed by atoms with Crippen LogP contribution in [0.4, 0.5) is 23.7 Å². The SMILES string of the molecule is CCCc1ccc(NC(=O)c2ccc3cc(-c4nnn(COC(=O)N5CCNCC5)n4)oc3c2)cc1C(F)(F)F.Cl. The van der Waals surface area contributed by atoms with Crippen molar-refractivity contribution in [3.63, 3.8) is 0 Å². The summed E-state index contributed by atoms with van der Waals surface area (Å²) in [4.78, 5) is 27.7. The number of tetrazole rings is 1. The highest BCUT2D eigenvalue weighted by Gasteiger charge is 2.33. The number of halogens is 4. The normalized spacial score (nSPS) is 13.6. The zero-order valence-corrected chi connectivity index (χ0v) is 22.7. The summed E-state index contributed by atoms with van der Waals surface area (Å²) in [5, 5.41) is 18.3. The molecule has 11 nitrogen and oxygen atoms in total. The Labute approximate surface area is 238 Å². The third-order valence-corrected chi connectivity index (χ3v) is 6.33. The van der Waals surface area contributed by atoms with Crippen LogP contribution in [0.3, 0.4) is 0 Å². The molecule has 0 unspecified atom stereocenters. The van der Waals surface area contributed by atoms with Crippen LogP contribution in [0.15, 0.2) is 46.9 Å². The predicted octanol–water partition coefficient (Wildman–Crippen LogP) is 4.73. The van der Waals surface area contributed by atoms with Crippen LogP contribution in [0.5, 0.6) is 0 Å². The maximum atomic E-state index is 13.5. The number of furan rings is 1. The summed E-state index contributed by atoms with van der Waals surface area (Å²) < 4.78 is 51.6. The molecule has 0 spiro atoms. The predicted molar refractivity (Wildman–Crippen MR) is 145 cm³/mol. The van der Waals surface area contributed by atoms with E-state index in [0.717, 1.165) is 10.9 Å². The van der Waals surface area contributed by atoms with Crippen LogP contribution < -0.4 is 10.6 Å². The van der Waals surface area contributed by atoms with Crippen LogP contribution in [0, 0.1) is 0 Å². The second-order valence-corrected chi connectivity index (χ2v) is 9.20. The van der Waals surface area contributed by atoms with Gasteiger partial charge in [0, 0.05) is 42.8 Å². The molecule has 0 radical (unpaired) electrons. The highest BCUT2D eigenvalue weighted by Crippen LogP contribution is 2.34. The number of carbonyl (C=O) groups is 2. The Hall–Kier alpha value is -4.17. The van der Waals surface area contributed by atoms with Gasteiger partial charge in [0.1, 0.15) is 5.58 Å². The molecule has 2 amide bonds. The second kappa shape index (κ2) is 12.6. The number of nitrogens with one attached hydrogen (secondary N) is 2. The molecule has 5 rings (SSSR count). The minimum absolute atomic E-state index is 0. The van der Waals surface area contributed by atoms with E-state index in [2.05, 4.69) is 26.0 Å². The topological polar surface area (TPSA) is 127 Å². The first-order valence-electron chi connectivity index (χ1n) is 12.7. The highest BCUT2D eigenvalue weighted by atomic mass is 35.5. The summed E-state index contributed by atoms with van der Waals surface area (Å²) >= 11 is 0. The zero-order chi connectivity index (χ0) is 28.3. The molecule has 3 heterocycles. The molecule has 218 valence electrons. The van der Waals surface area contributed by atoms with Crippen molar-refractivity contribution in [2.75, 3.05) is 31.5 Å². The molecule has 1 saturated heterocycles. The van der Waals surface area contributed by atoms with E-state index in [1.165, 1.54) is 24.3 Å². The number of rotatable bonds is 7. The molecule has 0 bridgehead atoms. The lowest BCUT2D eigenvalue weighted by atomic mass is 10.0. The number of anilines is 1. The first-order chi connectivity index (χ1) is 19.2. The van der Waals surface area contributed by atoms with E-state index in [4.69, 9.17) is 9.15 Å². The van der Waals surface area contributed by atoms with Gasteiger partial charge in [-0.25, -0.2) is 4.79 Å². The van der Waals surface area contributed by atoms with Crippen molar-refractivity contribution >= 4 is 41.1 Å². The van der Waals surface area contributed by atoms with Crippen molar-refractivity contribution in [2.24, 2.45) is 0 Å². The number of hydrogen-bond acceptors (Lipinski definition) is 8. The first kappa shape index (κ1) is 29.8. The maximum Gasteiger partial charge on any atom is 0.416 e. The van der Waals surface area contributed by atoms with Crippen molar-refractivity contribution in [3.8, 4) is 11.6 Å². The van der Waals surface area contributed by atoms with Gasteiger partial charge in [-0.05, 0) is 47.5 Å². The van der Waals surface area contributed by atoms with Gasteiger partial charge < -0.3 is 24.7 Å². The Morgan fingerprint density at radius 3 is 2.63 bits per heavy atom. The van der Waals surface area contributed by atoms with Gasteiger partial charge in [0.25, 0.3) is 5.91 Å². The summed E-state index contributed by atoms with van der Waals surface area (Å²) in [7, 11) is 0. The third kappa shape index (κ3) is 6.95. The molecule has 2 N–H and O–H groups in total. The van der Waals surface area contributed by atoms with Crippen LogP contribution >= 0.6 is 12.4 Å². The number of ether oxygens (including phenoxy) is 1. The van der Waals surface area contributed by atoms with E-state index in [1.54, 1.807) is 24.0 Å². The van der Waals surface area contributed by atoms with Crippen molar-refractivity contribution in [2.45, 2.75) is 32.7 Å². The van der Waals surface area contributed by atoms with Crippen LogP contribution in [-0.2, 0) is 24.1 Å². The van der Waals surface area contributed by atoms with Gasteiger partial charge in [0.15, 0.2) is 5.76 Å². The standard InChI is InChI=1S/C26H26F3N7O4.ClH/c1-2-3-16-6-7-19(14-20(16)26(27,28)29)31-24(37)18-5-4-17-12-22(40-21(17)13-18)23-32-34-36(33-23)15-39-25(38)35-10-8-30-9-11-35;/h4-7,12-14,30H,2-3,8-11,15H2,1H3,(H,31,37);1H. The monoisotopic (exact) mass is 593 g/mol. The zero-order valence-electron chi connectivity index (χ0n) is 21.9. The molecule has 1 aliphatic heterocycles. The number of nitrogens with zero attached hydrogens (tertiary/aromatic N) is 5. The lowest BCUT2D eigenvalue weighted by molar-refractivity contribution is -0.138. The summed E-state index contributed by atoms with van der Waals surface area (Å²) in [6.45, 7) is 4.07. The Bertz CT molecular complexity index is 1530. The smallest absolute Gasteiger partial charge is 0.416 e. The molecule has 0 saturated carbocycles. The third-order valence-electron chi connectivity index (χ3n) is 6.33. The van der Waals surface area contributed by atoms with Crippen molar-refractivity contribution in [1.29, 1.82) is 0 Å². The van der Waals surface area contributed by atoms with Crippen molar-refractivity contribution in [3.05, 3.63) is 59.2 Å². The van der Waals surface area contributed by atoms with E-state index < -0.39 is 23.7 Å². The van der Waals surface area contributed by atoms with Gasteiger partial charge in [-0.2, -0.15) is 13.2 Å². The molecule has 4 aromatic rings. The average molecular weight is 594 g/mol. The number of piperazine rings is 1. The fraction of sp³-hybridized carbons (Fsp3) is 0.346. The Morgan fingerprint density at radius 1 is 1.12 bits per heavy atom. The minimum atomic E-state index is -4.53. The molecular formula is C26H27ClF3N7O4. The van der Waals surface area contributed by atoms with E-state index in [1.807, 2.05) is 0 Å². The lowest BCUT2D eigenvalue weighted by Crippen LogP contribution is -2.46. The van der Waals surface area contributed by atoms with Crippen LogP contribution in [-0.4, -0.2) is 63.3 Å². The summed E-state index contributed by atoms with van der Waals surface area (Å²) in [5.41, 5.74) is -0.0107. The number of aryl methyl sites for hydroxylation is 1. The van der Waals surface area contributed by atoms with Crippen molar-refractivity contribution in [1.82, 2.24) is 30.4 Å². The molecule has 15 heteroatoms. The summed E-state index contributed by atoms with van der Waals surface area (Å²) in [5.74, 6) is -0.174. The molecule has 2 aromatic heterocycles. The lowest BCUT2D eigenvalue weighted by Gasteiger charge is -2.26. The number of hydrogen-bond donors (Lipinski definition) is 2. The number of carbonyl (C=O) groups excluding carboxylic acids is 2. The van der Waals surface area contributed by atoms with E-state index in [0.29, 0.717) is 43.6 Å². The van der Waals surface area contributed by atoms with E-state index >= 15 is 0 Å². The largest absolute Gasteiger partial charge is 0.453 e. The van der Waals surface area contributed by atoms with Gasteiger partial charge in [0.05, 0.1) is 5.56 Å². The molecule has 2 aromatic carbocycles. The maximum absolute atomic E-state index is 13.5. The van der Waals surface area contributed by atoms with E-state index in [9.17, 15) is 22.8 Å². The molecule has 1 fully saturated rings. The molecule has 41 heavy (non-hydrogen) atoms. The quantitative estimate of drug-likeness (QED) is 0.315. The molecule has 0 atom stereocenters. The van der Waals surface area contributed by atoms with E-state index in [-0.39, 0.29) is 54.0 Å². The molecule has 0 aliphatic carbocycles. The van der Waals surface area contributed by atoms with Crippen LogP contribution in [0.2, 0.25) is 0 Å². The highest BCUT2D eigenvalue weighted by molar-refractivity contribution is 6.06. The summed E-state index contributed by atoms with van der Waals surface area (Å²) in [6, 6.07) is 10.1. The number of benzene rings is 2. The van der Waals surface area contributed by atoms with Gasteiger partial charge >= 0.3 is 12.3 Å². The number of aromatic nitrogens is 4. The number of alkyl halides is 3. The second-order valence-electron chi connectivity index (χ2n) is 9.20. The minimum Gasteiger partial charge on any atom is -0.453 e. The van der Waals surface area contributed by atoms with Crippen molar-refractivity contribution < 1.29 is 31.9 Å².